The fourth-order valence-electron chi connectivity index (χ4n) is 6.99. The van der Waals surface area contributed by atoms with Crippen molar-refractivity contribution in [2.45, 2.75) is 56.5 Å². The molecule has 2 aromatic rings. The van der Waals surface area contributed by atoms with Gasteiger partial charge in [0.05, 0.1) is 12.9 Å². The molecule has 41 heavy (non-hydrogen) atoms. The van der Waals surface area contributed by atoms with Crippen molar-refractivity contribution in [3.8, 4) is 5.75 Å². The third kappa shape index (κ3) is 4.95. The summed E-state index contributed by atoms with van der Waals surface area (Å²) in [5.41, 5.74) is 2.17. The van der Waals surface area contributed by atoms with Crippen LogP contribution in [0.4, 0.5) is 5.00 Å². The number of aliphatic hydroxyl groups excluding tert-OH is 1. The molecule has 2 bridgehead atoms. The predicted octanol–water partition coefficient (Wildman–Crippen LogP) is 3.82. The van der Waals surface area contributed by atoms with Crippen molar-refractivity contribution in [1.29, 1.82) is 0 Å². The van der Waals surface area contributed by atoms with Crippen molar-refractivity contribution < 1.29 is 31.5 Å². The Bertz CT molecular complexity index is 1700. The number of amidine groups is 1. The van der Waals surface area contributed by atoms with Crippen molar-refractivity contribution in [3.63, 3.8) is 0 Å². The first kappa shape index (κ1) is 28.2. The minimum atomic E-state index is -4.26. The highest BCUT2D eigenvalue weighted by Gasteiger charge is 2.54. The zero-order valence-electron chi connectivity index (χ0n) is 23.1. The molecule has 3 heterocycles. The van der Waals surface area contributed by atoms with Crippen molar-refractivity contribution in [1.82, 2.24) is 4.90 Å². The molecule has 3 saturated carbocycles. The lowest BCUT2D eigenvalue weighted by atomic mass is 9.59. The van der Waals surface area contributed by atoms with Gasteiger partial charge in [0.2, 0.25) is 0 Å². The number of thiophene rings is 1. The molecule has 3 aliphatic carbocycles. The number of nitrogens with one attached hydrogen (secondary N) is 1. The highest BCUT2D eigenvalue weighted by Crippen LogP contribution is 2.53. The number of hydrogen-bond acceptors (Lipinski definition) is 9. The van der Waals surface area contributed by atoms with Crippen LogP contribution in [0, 0.1) is 24.7 Å². The zero-order valence-corrected chi connectivity index (χ0v) is 25.5. The third-order valence-corrected chi connectivity index (χ3v) is 12.4. The largest absolute Gasteiger partial charge is 0.511 e. The molecule has 2 aliphatic heterocycles. The number of rotatable bonds is 7. The highest BCUT2D eigenvalue weighted by atomic mass is 32.2. The normalized spacial score (nSPS) is 26.8. The van der Waals surface area contributed by atoms with Gasteiger partial charge in [0.1, 0.15) is 36.8 Å². The standard InChI is InChI=1S/C28H33N3O7S3/c1-15-12-20(38-2)9-8-18(15)13-31-23-17-6-4-16(5-7-17)21(23)24(32)22(28(31)33)26-29-27-25(41(36,37)30-26)19(14-39-27)10-11-40(3,34)35/h8-9,12,14,16-17,21,23,32H,4-7,10-11,13H2,1-3H3,(H,29,30). The number of carbonyl (C=O) groups is 1. The molecular formula is C28H33N3O7S3. The van der Waals surface area contributed by atoms with E-state index in [9.17, 15) is 26.7 Å². The molecule has 2 atom stereocenters. The quantitative estimate of drug-likeness (QED) is 0.476. The van der Waals surface area contributed by atoms with Crippen molar-refractivity contribution in [2.75, 3.05) is 24.4 Å². The Balaban J connectivity index is 1.40. The molecule has 7 rings (SSSR count). The number of sulfonamides is 1. The van der Waals surface area contributed by atoms with E-state index in [4.69, 9.17) is 4.74 Å². The van der Waals surface area contributed by atoms with Gasteiger partial charge < -0.3 is 20.1 Å². The number of benzene rings is 1. The van der Waals surface area contributed by atoms with Crippen molar-refractivity contribution in [3.05, 3.63) is 51.6 Å². The first-order valence-corrected chi connectivity index (χ1v) is 18.0. The number of hydrogen-bond donors (Lipinski definition) is 2. The second kappa shape index (κ2) is 10.1. The Labute approximate surface area is 244 Å². The third-order valence-electron chi connectivity index (χ3n) is 8.97. The number of amides is 1. The summed E-state index contributed by atoms with van der Waals surface area (Å²) in [6.45, 7) is 2.28. The molecule has 3 fully saturated rings. The van der Waals surface area contributed by atoms with Crippen LogP contribution in [0.25, 0.3) is 0 Å². The Kier molecular flexibility index (Phi) is 6.97. The first-order valence-electron chi connectivity index (χ1n) is 13.7. The van der Waals surface area contributed by atoms with Crippen molar-refractivity contribution in [2.24, 2.45) is 22.2 Å². The van der Waals surface area contributed by atoms with E-state index >= 15 is 0 Å². The van der Waals surface area contributed by atoms with Gasteiger partial charge in [-0.05, 0) is 85.1 Å². The molecule has 2 N–H and O–H groups in total. The number of aryl methyl sites for hydroxylation is 2. The zero-order chi connectivity index (χ0) is 29.3. The molecule has 0 saturated heterocycles. The van der Waals surface area contributed by atoms with E-state index in [0.717, 1.165) is 60.2 Å². The number of ether oxygens (including phenoxy) is 1. The molecule has 2 unspecified atom stereocenters. The smallest absolute Gasteiger partial charge is 0.287 e. The Morgan fingerprint density at radius 2 is 1.88 bits per heavy atom. The molecule has 0 radical (unpaired) electrons. The van der Waals surface area contributed by atoms with Gasteiger partial charge in [-0.25, -0.2) is 8.42 Å². The molecule has 0 spiro atoms. The van der Waals surface area contributed by atoms with Crippen molar-refractivity contribution >= 4 is 47.9 Å². The van der Waals surface area contributed by atoms with Gasteiger partial charge in [0, 0.05) is 24.8 Å². The molecule has 5 aliphatic rings. The van der Waals surface area contributed by atoms with E-state index < -0.39 is 25.8 Å². The minimum absolute atomic E-state index is 0.0329. The fourth-order valence-corrected chi connectivity index (χ4v) is 10.2. The van der Waals surface area contributed by atoms with E-state index in [2.05, 4.69) is 9.71 Å². The lowest BCUT2D eigenvalue weighted by Gasteiger charge is -2.54. The maximum atomic E-state index is 14.3. The summed E-state index contributed by atoms with van der Waals surface area (Å²) >= 11 is 1.11. The van der Waals surface area contributed by atoms with Gasteiger partial charge in [0.15, 0.2) is 5.84 Å². The molecule has 1 aromatic heterocycles. The first-order chi connectivity index (χ1) is 19.4. The van der Waals surface area contributed by atoms with Crippen LogP contribution in [0.1, 0.15) is 42.4 Å². The molecular weight excluding hydrogens is 587 g/mol. The summed E-state index contributed by atoms with van der Waals surface area (Å²) in [5, 5.41) is 16.5. The van der Waals surface area contributed by atoms with E-state index in [1.165, 1.54) is 0 Å². The molecule has 1 amide bonds. The second-order valence-corrected chi connectivity index (χ2v) is 16.2. The van der Waals surface area contributed by atoms with E-state index in [-0.39, 0.29) is 63.0 Å². The highest BCUT2D eigenvalue weighted by molar-refractivity contribution is 7.91. The van der Waals surface area contributed by atoms with Crippen LogP contribution in [0.3, 0.4) is 0 Å². The summed E-state index contributed by atoms with van der Waals surface area (Å²) in [4.78, 5) is 16.0. The summed E-state index contributed by atoms with van der Waals surface area (Å²) in [5.74, 6) is -0.0589. The monoisotopic (exact) mass is 619 g/mol. The molecule has 10 nitrogen and oxygen atoms in total. The van der Waals surface area contributed by atoms with Gasteiger partial charge >= 0.3 is 0 Å². The molecule has 220 valence electrons. The number of nitrogens with zero attached hydrogens (tertiary/aromatic N) is 2. The Hall–Kier alpha value is -2.90. The topological polar surface area (TPSA) is 142 Å². The number of anilines is 1. The van der Waals surface area contributed by atoms with Gasteiger partial charge in [-0.1, -0.05) is 6.07 Å². The van der Waals surface area contributed by atoms with E-state index in [1.807, 2.05) is 30.0 Å². The lowest BCUT2D eigenvalue weighted by molar-refractivity contribution is -0.140. The average Bonchev–Trinajstić information content (AvgIpc) is 3.34. The van der Waals surface area contributed by atoms with E-state index in [1.54, 1.807) is 12.5 Å². The average molecular weight is 620 g/mol. The lowest BCUT2D eigenvalue weighted by Crippen LogP contribution is -2.60. The number of aliphatic hydroxyl groups is 1. The number of fused-ring (bicyclic) bond motifs is 3. The maximum absolute atomic E-state index is 14.3. The van der Waals surface area contributed by atoms with Crippen LogP contribution in [-0.2, 0) is 37.6 Å². The van der Waals surface area contributed by atoms with Gasteiger partial charge in [-0.3, -0.25) is 4.79 Å². The molecule has 1 aromatic carbocycles. The summed E-state index contributed by atoms with van der Waals surface area (Å²) < 4.78 is 59.6. The summed E-state index contributed by atoms with van der Waals surface area (Å²) in [6.07, 6.45) is 5.01. The van der Waals surface area contributed by atoms with Gasteiger partial charge in [-0.2, -0.15) is 8.42 Å². The molecule has 13 heteroatoms. The number of sulfone groups is 1. The summed E-state index contributed by atoms with van der Waals surface area (Å²) in [7, 11) is -5.96. The van der Waals surface area contributed by atoms with Crippen LogP contribution in [0.2, 0.25) is 0 Å². The minimum Gasteiger partial charge on any atom is -0.511 e. The fraction of sp³-hybridized carbons (Fsp3) is 0.500. The van der Waals surface area contributed by atoms with Crippen LogP contribution in [0.5, 0.6) is 5.75 Å². The number of carbonyl (C=O) groups excluding carboxylic acids is 1. The Morgan fingerprint density at radius 1 is 1.17 bits per heavy atom. The van der Waals surface area contributed by atoms with Crippen LogP contribution in [-0.4, -0.2) is 63.7 Å². The van der Waals surface area contributed by atoms with E-state index in [0.29, 0.717) is 12.1 Å². The number of methoxy groups -OCH3 is 1. The second-order valence-electron chi connectivity index (χ2n) is 11.5. The van der Waals surface area contributed by atoms with Gasteiger partial charge in [-0.15, -0.1) is 15.7 Å². The SMILES string of the molecule is COc1ccc(CN2C(=O)C(C3=NS(=O)(=O)c4c(CCS(C)(=O)=O)csc4N3)=C(O)C3C4CCC(CC4)C32)c(C)c1. The predicted molar refractivity (Wildman–Crippen MR) is 157 cm³/mol. The summed E-state index contributed by atoms with van der Waals surface area (Å²) in [6, 6.07) is 5.53. The van der Waals surface area contributed by atoms with Crippen LogP contribution >= 0.6 is 11.3 Å². The Morgan fingerprint density at radius 3 is 2.54 bits per heavy atom. The maximum Gasteiger partial charge on any atom is 0.287 e. The van der Waals surface area contributed by atoms with Gasteiger partial charge in [0.25, 0.3) is 15.9 Å². The van der Waals surface area contributed by atoms with Crippen LogP contribution in [0.15, 0.2) is 44.2 Å². The van der Waals surface area contributed by atoms with Crippen LogP contribution < -0.4 is 10.1 Å².